The fraction of sp³-hybridized carbons (Fsp3) is 0. The quantitative estimate of drug-likeness (QED) is 0.142. The van der Waals surface area contributed by atoms with Crippen LogP contribution >= 0.6 is 0 Å². The lowest BCUT2D eigenvalue weighted by molar-refractivity contribution is 1.07. The van der Waals surface area contributed by atoms with E-state index < -0.39 is 0 Å². The number of aromatic nitrogens is 3. The number of hydrogen-bond acceptors (Lipinski definition) is 5. The minimum Gasteiger partial charge on any atom is -0.208 e. The summed E-state index contributed by atoms with van der Waals surface area (Å²) < 4.78 is 0. The summed E-state index contributed by atoms with van der Waals surface area (Å²) in [5.41, 5.74) is 13.8. The summed E-state index contributed by atoms with van der Waals surface area (Å²) in [7, 11) is 0. The number of fused-ring (bicyclic) bond motifs is 3. The molecule has 11 rings (SSSR count). The van der Waals surface area contributed by atoms with Gasteiger partial charge < -0.3 is 0 Å². The van der Waals surface area contributed by atoms with Gasteiger partial charge in [0.2, 0.25) is 0 Å². The molecule has 10 aromatic carbocycles. The smallest absolute Gasteiger partial charge is 0.164 e. The van der Waals surface area contributed by atoms with Crippen LogP contribution in [-0.4, -0.2) is 15.0 Å². The van der Waals surface area contributed by atoms with E-state index in [9.17, 15) is 10.5 Å². The third-order valence-corrected chi connectivity index (χ3v) is 12.2. The molecule has 0 spiro atoms. The molecule has 0 aliphatic carbocycles. The molecule has 0 fully saturated rings. The van der Waals surface area contributed by atoms with Gasteiger partial charge in [-0.25, -0.2) is 15.0 Å². The second-order valence-corrected chi connectivity index (χ2v) is 16.2. The molecule has 0 aliphatic rings. The van der Waals surface area contributed by atoms with E-state index >= 15 is 0 Å². The van der Waals surface area contributed by atoms with Gasteiger partial charge in [0.1, 0.15) is 0 Å². The Morgan fingerprint density at radius 1 is 0.273 bits per heavy atom. The molecule has 0 saturated carbocycles. The summed E-state index contributed by atoms with van der Waals surface area (Å²) in [5, 5.41) is 25.2. The topological polar surface area (TPSA) is 86.2 Å². The highest BCUT2D eigenvalue weighted by Crippen LogP contribution is 2.40. The maximum absolute atomic E-state index is 10.2. The Balaban J connectivity index is 0.947. The van der Waals surface area contributed by atoms with Crippen LogP contribution in [0.25, 0.3) is 111 Å². The summed E-state index contributed by atoms with van der Waals surface area (Å²) in [6.45, 7) is 0. The minimum atomic E-state index is 0.480. The van der Waals surface area contributed by atoms with Crippen LogP contribution in [0.2, 0.25) is 0 Å². The third-order valence-electron chi connectivity index (χ3n) is 12.2. The Labute approximate surface area is 382 Å². The van der Waals surface area contributed by atoms with Crippen LogP contribution in [0, 0.1) is 22.7 Å². The predicted octanol–water partition coefficient (Wildman–Crippen LogP) is 15.3. The third kappa shape index (κ3) is 7.54. The van der Waals surface area contributed by atoms with Crippen LogP contribution in [-0.2, 0) is 0 Å². The fourth-order valence-electron chi connectivity index (χ4n) is 8.88. The van der Waals surface area contributed by atoms with Gasteiger partial charge in [-0.1, -0.05) is 200 Å². The van der Waals surface area contributed by atoms with Gasteiger partial charge in [0.25, 0.3) is 0 Å². The normalized spacial score (nSPS) is 11.0. The Hall–Kier alpha value is -9.29. The van der Waals surface area contributed by atoms with Crippen molar-refractivity contribution in [3.63, 3.8) is 0 Å². The van der Waals surface area contributed by atoms with Crippen molar-refractivity contribution < 1.29 is 0 Å². The lowest BCUT2D eigenvalue weighted by Crippen LogP contribution is -2.00. The lowest BCUT2D eigenvalue weighted by atomic mass is 9.87. The van der Waals surface area contributed by atoms with Crippen molar-refractivity contribution in [2.24, 2.45) is 0 Å². The van der Waals surface area contributed by atoms with Crippen LogP contribution in [0.15, 0.2) is 224 Å². The van der Waals surface area contributed by atoms with Crippen LogP contribution < -0.4 is 0 Å². The molecule has 0 amide bonds. The van der Waals surface area contributed by atoms with E-state index in [1.165, 1.54) is 21.5 Å². The van der Waals surface area contributed by atoms with Crippen molar-refractivity contribution in [1.29, 1.82) is 10.5 Å². The molecule has 5 nitrogen and oxygen atoms in total. The van der Waals surface area contributed by atoms with Crippen molar-refractivity contribution in [2.75, 3.05) is 0 Å². The molecule has 66 heavy (non-hydrogen) atoms. The first-order chi connectivity index (χ1) is 32.6. The Bertz CT molecular complexity index is 3700. The molecule has 306 valence electrons. The molecular formula is C61H37N5. The highest BCUT2D eigenvalue weighted by Gasteiger charge is 2.17. The van der Waals surface area contributed by atoms with Gasteiger partial charge >= 0.3 is 0 Å². The summed E-state index contributed by atoms with van der Waals surface area (Å²) in [6.07, 6.45) is 0. The fourth-order valence-corrected chi connectivity index (χ4v) is 8.88. The molecule has 5 heteroatoms. The standard InChI is InChI=1S/C61H37N5/c62-38-40-19-33-55(45-22-20-41(21-23-45)49-31-28-46-25-24-43-13-7-8-17-54(43)57(46)37-49)58(35-40)56-18-10-9-16-53(56)44-26-29-48(30-27-44)60-64-59(47-14-5-2-6-15-47)65-61(66-60)50-32-34-52(51(36-50)39-63)42-11-3-1-4-12-42/h1-37H. The molecule has 0 unspecified atom stereocenters. The van der Waals surface area contributed by atoms with E-state index in [0.717, 1.165) is 72.3 Å². The molecular weight excluding hydrogens is 803 g/mol. The monoisotopic (exact) mass is 839 g/mol. The zero-order chi connectivity index (χ0) is 44.4. The Morgan fingerprint density at radius 3 is 1.42 bits per heavy atom. The van der Waals surface area contributed by atoms with Gasteiger partial charge in [-0.05, 0) is 101 Å². The predicted molar refractivity (Wildman–Crippen MR) is 268 cm³/mol. The zero-order valence-corrected chi connectivity index (χ0v) is 35.6. The largest absolute Gasteiger partial charge is 0.208 e. The van der Waals surface area contributed by atoms with Crippen molar-refractivity contribution in [2.45, 2.75) is 0 Å². The SMILES string of the molecule is N#Cc1ccc(-c2ccc(-c3ccc4ccc5ccccc5c4c3)cc2)c(-c2ccccc2-c2ccc(-c3nc(-c4ccccc4)nc(-c4ccc(-c5ccccc5)c(C#N)c4)n3)cc2)c1. The Morgan fingerprint density at radius 2 is 0.742 bits per heavy atom. The van der Waals surface area contributed by atoms with Crippen LogP contribution in [0.1, 0.15) is 11.1 Å². The number of hydrogen-bond donors (Lipinski definition) is 0. The maximum atomic E-state index is 10.2. The second kappa shape index (κ2) is 17.1. The van der Waals surface area contributed by atoms with Gasteiger partial charge in [0, 0.05) is 16.7 Å². The van der Waals surface area contributed by atoms with Crippen molar-refractivity contribution >= 4 is 21.5 Å². The molecule has 0 atom stereocenters. The summed E-state index contributed by atoms with van der Waals surface area (Å²) in [6, 6.07) is 81.2. The zero-order valence-electron chi connectivity index (χ0n) is 35.6. The van der Waals surface area contributed by atoms with E-state index in [-0.39, 0.29) is 0 Å². The van der Waals surface area contributed by atoms with Gasteiger partial charge in [0.15, 0.2) is 17.5 Å². The minimum absolute atomic E-state index is 0.480. The van der Waals surface area contributed by atoms with Crippen molar-refractivity contribution in [1.82, 2.24) is 15.0 Å². The molecule has 0 N–H and O–H groups in total. The lowest BCUT2D eigenvalue weighted by Gasteiger charge is -2.16. The van der Waals surface area contributed by atoms with E-state index in [0.29, 0.717) is 28.6 Å². The van der Waals surface area contributed by atoms with Crippen molar-refractivity contribution in [3.05, 3.63) is 236 Å². The molecule has 0 bridgehead atoms. The summed E-state index contributed by atoms with van der Waals surface area (Å²) in [4.78, 5) is 14.9. The van der Waals surface area contributed by atoms with E-state index in [4.69, 9.17) is 15.0 Å². The second-order valence-electron chi connectivity index (χ2n) is 16.2. The molecule has 1 aromatic heterocycles. The molecule has 1 heterocycles. The highest BCUT2D eigenvalue weighted by atomic mass is 15.0. The Kier molecular flexibility index (Phi) is 10.3. The first-order valence-corrected chi connectivity index (χ1v) is 21.8. The first kappa shape index (κ1) is 39.5. The molecule has 11 aromatic rings. The number of nitrogens with zero attached hydrogens (tertiary/aromatic N) is 5. The highest BCUT2D eigenvalue weighted by molar-refractivity contribution is 6.08. The number of rotatable bonds is 8. The van der Waals surface area contributed by atoms with Gasteiger partial charge in [0.05, 0.1) is 23.3 Å². The molecule has 0 aliphatic heterocycles. The van der Waals surface area contributed by atoms with Crippen LogP contribution in [0.3, 0.4) is 0 Å². The van der Waals surface area contributed by atoms with Gasteiger partial charge in [-0.2, -0.15) is 10.5 Å². The number of benzene rings is 10. The maximum Gasteiger partial charge on any atom is 0.164 e. The average molecular weight is 840 g/mol. The summed E-state index contributed by atoms with van der Waals surface area (Å²) >= 11 is 0. The average Bonchev–Trinajstić information content (AvgIpc) is 3.40. The number of nitriles is 2. The van der Waals surface area contributed by atoms with Crippen LogP contribution in [0.4, 0.5) is 0 Å². The van der Waals surface area contributed by atoms with Crippen LogP contribution in [0.5, 0.6) is 0 Å². The molecule has 0 radical (unpaired) electrons. The van der Waals surface area contributed by atoms with Gasteiger partial charge in [-0.15, -0.1) is 0 Å². The van der Waals surface area contributed by atoms with E-state index in [1.54, 1.807) is 0 Å². The summed E-state index contributed by atoms with van der Waals surface area (Å²) in [5.74, 6) is 1.54. The van der Waals surface area contributed by atoms with Crippen molar-refractivity contribution in [3.8, 4) is 102 Å². The van der Waals surface area contributed by atoms with E-state index in [1.807, 2.05) is 115 Å². The van der Waals surface area contributed by atoms with Gasteiger partial charge in [-0.3, -0.25) is 0 Å². The molecule has 0 saturated heterocycles. The first-order valence-electron chi connectivity index (χ1n) is 21.8. The van der Waals surface area contributed by atoms with E-state index in [2.05, 4.69) is 121 Å².